The molecule has 0 amide bonds. The van der Waals surface area contributed by atoms with E-state index >= 15 is 0 Å². The maximum absolute atomic E-state index is 8.91. The van der Waals surface area contributed by atoms with E-state index in [1.165, 1.54) is 96.3 Å². The molecule has 0 radical (unpaired) electrons. The molecule has 2 aromatic carbocycles. The molecule has 0 N–H and O–H groups in total. The molecule has 180 valence electrons. The van der Waals surface area contributed by atoms with E-state index in [0.717, 1.165) is 29.9 Å². The third-order valence-corrected chi connectivity index (χ3v) is 6.47. The fourth-order valence-electron chi connectivity index (χ4n) is 4.32. The van der Waals surface area contributed by atoms with Crippen molar-refractivity contribution in [2.75, 3.05) is 6.61 Å². The molecule has 0 aliphatic heterocycles. The van der Waals surface area contributed by atoms with Crippen LogP contribution in [0.1, 0.15) is 115 Å². The second-order valence-corrected chi connectivity index (χ2v) is 9.37. The van der Waals surface area contributed by atoms with Gasteiger partial charge in [0.25, 0.3) is 0 Å². The number of nitrogens with zero attached hydrogens (tertiary/aromatic N) is 1. The SMILES string of the molecule is CCCCCCCCCCCCCCCCCCOc1ccc(-c2ccc(C#N)cc2)cc1. The van der Waals surface area contributed by atoms with Gasteiger partial charge in [-0.05, 0) is 41.8 Å². The van der Waals surface area contributed by atoms with Gasteiger partial charge in [0.1, 0.15) is 5.75 Å². The highest BCUT2D eigenvalue weighted by atomic mass is 16.5. The third kappa shape index (κ3) is 12.5. The quantitative estimate of drug-likeness (QED) is 0.201. The average molecular weight is 448 g/mol. The van der Waals surface area contributed by atoms with Crippen LogP contribution in [-0.4, -0.2) is 6.61 Å². The van der Waals surface area contributed by atoms with Crippen molar-refractivity contribution in [3.63, 3.8) is 0 Å². The van der Waals surface area contributed by atoms with Crippen molar-refractivity contribution < 1.29 is 4.74 Å². The molecule has 2 rings (SSSR count). The summed E-state index contributed by atoms with van der Waals surface area (Å²) in [6.45, 7) is 3.09. The number of benzene rings is 2. The van der Waals surface area contributed by atoms with E-state index in [4.69, 9.17) is 10.00 Å². The highest BCUT2D eigenvalue weighted by molar-refractivity contribution is 5.64. The van der Waals surface area contributed by atoms with Gasteiger partial charge in [0.15, 0.2) is 0 Å². The molecular weight excluding hydrogens is 402 g/mol. The number of nitriles is 1. The van der Waals surface area contributed by atoms with E-state index in [2.05, 4.69) is 25.1 Å². The van der Waals surface area contributed by atoms with Gasteiger partial charge in [-0.25, -0.2) is 0 Å². The third-order valence-electron chi connectivity index (χ3n) is 6.47. The standard InChI is InChI=1S/C31H45NO/c1-2-3-4-5-6-7-8-9-10-11-12-13-14-15-16-17-26-33-31-24-22-30(23-25-31)29-20-18-28(27-32)19-21-29/h18-25H,2-17,26H2,1H3. The van der Waals surface area contributed by atoms with Crippen LogP contribution in [0.2, 0.25) is 0 Å². The zero-order valence-corrected chi connectivity index (χ0v) is 21.0. The lowest BCUT2D eigenvalue weighted by Gasteiger charge is -2.08. The predicted octanol–water partition coefficient (Wildman–Crippen LogP) is 9.87. The molecule has 33 heavy (non-hydrogen) atoms. The molecule has 0 saturated carbocycles. The van der Waals surface area contributed by atoms with E-state index in [-0.39, 0.29) is 0 Å². The van der Waals surface area contributed by atoms with E-state index < -0.39 is 0 Å². The topological polar surface area (TPSA) is 33.0 Å². The summed E-state index contributed by atoms with van der Waals surface area (Å²) in [5, 5.41) is 8.91. The summed E-state index contributed by atoms with van der Waals surface area (Å²) in [6, 6.07) is 18.1. The van der Waals surface area contributed by atoms with Crippen molar-refractivity contribution in [3.8, 4) is 22.9 Å². The Balaban J connectivity index is 1.39. The van der Waals surface area contributed by atoms with Crippen LogP contribution in [0.5, 0.6) is 5.75 Å². The van der Waals surface area contributed by atoms with E-state index in [1.54, 1.807) is 0 Å². The van der Waals surface area contributed by atoms with Crippen LogP contribution in [0.15, 0.2) is 48.5 Å². The second kappa shape index (κ2) is 18.2. The van der Waals surface area contributed by atoms with Crippen molar-refractivity contribution >= 4 is 0 Å². The van der Waals surface area contributed by atoms with Crippen molar-refractivity contribution in [2.45, 2.75) is 110 Å². The Morgan fingerprint density at radius 3 is 1.36 bits per heavy atom. The molecule has 0 aromatic heterocycles. The Morgan fingerprint density at radius 2 is 0.939 bits per heavy atom. The van der Waals surface area contributed by atoms with Crippen LogP contribution in [0, 0.1) is 11.3 Å². The maximum atomic E-state index is 8.91. The van der Waals surface area contributed by atoms with Crippen LogP contribution < -0.4 is 4.74 Å². The summed E-state index contributed by atoms with van der Waals surface area (Å²) >= 11 is 0. The van der Waals surface area contributed by atoms with Gasteiger partial charge in [0, 0.05) is 0 Å². The average Bonchev–Trinajstić information content (AvgIpc) is 2.86. The van der Waals surface area contributed by atoms with Gasteiger partial charge in [-0.1, -0.05) is 128 Å². The molecule has 2 nitrogen and oxygen atoms in total. The van der Waals surface area contributed by atoms with E-state index in [1.807, 2.05) is 36.4 Å². The fraction of sp³-hybridized carbons (Fsp3) is 0.581. The number of unbranched alkanes of at least 4 members (excludes halogenated alkanes) is 15. The van der Waals surface area contributed by atoms with Crippen molar-refractivity contribution in [2.24, 2.45) is 0 Å². The molecule has 0 heterocycles. The summed E-state index contributed by atoms with van der Waals surface area (Å²) in [4.78, 5) is 0. The summed E-state index contributed by atoms with van der Waals surface area (Å²) in [7, 11) is 0. The van der Waals surface area contributed by atoms with Gasteiger partial charge in [-0.15, -0.1) is 0 Å². The zero-order chi connectivity index (χ0) is 23.4. The molecule has 0 aliphatic carbocycles. The van der Waals surface area contributed by atoms with E-state index in [0.29, 0.717) is 5.56 Å². The Morgan fingerprint density at radius 1 is 0.545 bits per heavy atom. The molecule has 0 unspecified atom stereocenters. The molecule has 2 aromatic rings. The Labute approximate surface area is 203 Å². The highest BCUT2D eigenvalue weighted by Gasteiger charge is 2.00. The number of rotatable bonds is 19. The molecular formula is C31H45NO. The number of hydrogen-bond acceptors (Lipinski definition) is 2. The van der Waals surface area contributed by atoms with Crippen LogP contribution in [0.4, 0.5) is 0 Å². The van der Waals surface area contributed by atoms with Crippen molar-refractivity contribution in [1.82, 2.24) is 0 Å². The maximum Gasteiger partial charge on any atom is 0.119 e. The Kier molecular flexibility index (Phi) is 14.9. The van der Waals surface area contributed by atoms with Gasteiger partial charge in [0.05, 0.1) is 18.2 Å². The lowest BCUT2D eigenvalue weighted by Crippen LogP contribution is -1.97. The largest absolute Gasteiger partial charge is 0.494 e. The summed E-state index contributed by atoms with van der Waals surface area (Å²) in [5.41, 5.74) is 2.96. The minimum absolute atomic E-state index is 0.692. The summed E-state index contributed by atoms with van der Waals surface area (Å²) in [5.74, 6) is 0.938. The number of ether oxygens (including phenoxy) is 1. The molecule has 2 heteroatoms. The predicted molar refractivity (Wildman–Crippen MR) is 142 cm³/mol. The van der Waals surface area contributed by atoms with Gasteiger partial charge in [-0.3, -0.25) is 0 Å². The first-order chi connectivity index (χ1) is 16.3. The van der Waals surface area contributed by atoms with Gasteiger partial charge in [-0.2, -0.15) is 5.26 Å². The molecule has 0 fully saturated rings. The lowest BCUT2D eigenvalue weighted by atomic mass is 10.0. The first-order valence-electron chi connectivity index (χ1n) is 13.6. The molecule has 0 spiro atoms. The van der Waals surface area contributed by atoms with Crippen molar-refractivity contribution in [3.05, 3.63) is 54.1 Å². The Hall–Kier alpha value is -2.27. The van der Waals surface area contributed by atoms with Crippen LogP contribution in [-0.2, 0) is 0 Å². The molecule has 0 bridgehead atoms. The normalized spacial score (nSPS) is 10.8. The minimum Gasteiger partial charge on any atom is -0.494 e. The van der Waals surface area contributed by atoms with Gasteiger partial charge in [0.2, 0.25) is 0 Å². The summed E-state index contributed by atoms with van der Waals surface area (Å²) in [6.07, 6.45) is 22.2. The van der Waals surface area contributed by atoms with E-state index in [9.17, 15) is 0 Å². The van der Waals surface area contributed by atoms with Crippen LogP contribution in [0.3, 0.4) is 0 Å². The molecule has 0 atom stereocenters. The first kappa shape index (κ1) is 27.0. The Bertz CT molecular complexity index is 757. The zero-order valence-electron chi connectivity index (χ0n) is 21.0. The van der Waals surface area contributed by atoms with Gasteiger partial charge >= 0.3 is 0 Å². The second-order valence-electron chi connectivity index (χ2n) is 9.37. The first-order valence-corrected chi connectivity index (χ1v) is 13.6. The fourth-order valence-corrected chi connectivity index (χ4v) is 4.32. The van der Waals surface area contributed by atoms with Crippen molar-refractivity contribution in [1.29, 1.82) is 5.26 Å². The summed E-state index contributed by atoms with van der Waals surface area (Å²) < 4.78 is 5.91. The molecule has 0 saturated heterocycles. The van der Waals surface area contributed by atoms with Crippen LogP contribution >= 0.6 is 0 Å². The monoisotopic (exact) mass is 447 g/mol. The molecule has 0 aliphatic rings. The number of hydrogen-bond donors (Lipinski definition) is 0. The smallest absolute Gasteiger partial charge is 0.119 e. The van der Waals surface area contributed by atoms with Crippen LogP contribution in [0.25, 0.3) is 11.1 Å². The van der Waals surface area contributed by atoms with Gasteiger partial charge < -0.3 is 4.74 Å². The minimum atomic E-state index is 0.692. The highest BCUT2D eigenvalue weighted by Crippen LogP contribution is 2.23. The lowest BCUT2D eigenvalue weighted by molar-refractivity contribution is 0.304.